The molecule has 1 fully saturated rings. The van der Waals surface area contributed by atoms with Gasteiger partial charge in [-0.05, 0) is 37.5 Å². The first-order chi connectivity index (χ1) is 10.6. The first-order valence-corrected chi connectivity index (χ1v) is 7.99. The van der Waals surface area contributed by atoms with Crippen LogP contribution in [0.2, 0.25) is 0 Å². The van der Waals surface area contributed by atoms with Gasteiger partial charge < -0.3 is 15.5 Å². The minimum absolute atomic E-state index is 0.0125. The molecule has 1 aliphatic heterocycles. The van der Waals surface area contributed by atoms with Gasteiger partial charge in [-0.25, -0.2) is 0 Å². The van der Waals surface area contributed by atoms with Gasteiger partial charge in [-0.2, -0.15) is 0 Å². The maximum atomic E-state index is 12.1. The van der Waals surface area contributed by atoms with Crippen LogP contribution in [0.3, 0.4) is 0 Å². The summed E-state index contributed by atoms with van der Waals surface area (Å²) in [5.41, 5.74) is 1.58. The molecule has 2 N–H and O–H groups in total. The van der Waals surface area contributed by atoms with Crippen molar-refractivity contribution in [3.63, 3.8) is 0 Å². The number of hydrogen-bond donors (Lipinski definition) is 2. The Labute approximate surface area is 132 Å². The molecule has 0 spiro atoms. The summed E-state index contributed by atoms with van der Waals surface area (Å²) in [7, 11) is 0. The van der Waals surface area contributed by atoms with Gasteiger partial charge in [0.05, 0.1) is 6.54 Å². The van der Waals surface area contributed by atoms with E-state index in [1.54, 1.807) is 0 Å². The highest BCUT2D eigenvalue weighted by atomic mass is 16.2. The number of nitrogens with one attached hydrogen (secondary N) is 2. The molecule has 1 aromatic carbocycles. The number of rotatable bonds is 5. The standard InChI is InChI=1S/C17H25N3O2/c1-13(2)17(22)19-15-8-6-7-14(11-15)18-12-16(21)20-9-4-3-5-10-20/h6-8,11,13,18H,3-5,9-10,12H2,1-2H3,(H,19,22). The quantitative estimate of drug-likeness (QED) is 0.879. The fourth-order valence-corrected chi connectivity index (χ4v) is 2.43. The molecule has 5 nitrogen and oxygen atoms in total. The molecule has 22 heavy (non-hydrogen) atoms. The Balaban J connectivity index is 1.87. The van der Waals surface area contributed by atoms with Crippen molar-refractivity contribution in [1.29, 1.82) is 0 Å². The molecule has 0 unspecified atom stereocenters. The van der Waals surface area contributed by atoms with E-state index in [2.05, 4.69) is 10.6 Å². The van der Waals surface area contributed by atoms with E-state index in [9.17, 15) is 9.59 Å². The molecule has 1 heterocycles. The first-order valence-electron chi connectivity index (χ1n) is 7.99. The second-order valence-electron chi connectivity index (χ2n) is 6.02. The van der Waals surface area contributed by atoms with E-state index in [0.29, 0.717) is 6.54 Å². The van der Waals surface area contributed by atoms with Crippen molar-refractivity contribution in [3.8, 4) is 0 Å². The Morgan fingerprint density at radius 2 is 1.82 bits per heavy atom. The van der Waals surface area contributed by atoms with Crippen molar-refractivity contribution in [2.45, 2.75) is 33.1 Å². The number of anilines is 2. The highest BCUT2D eigenvalue weighted by Crippen LogP contribution is 2.16. The summed E-state index contributed by atoms with van der Waals surface area (Å²) in [4.78, 5) is 25.7. The maximum absolute atomic E-state index is 12.1. The summed E-state index contributed by atoms with van der Waals surface area (Å²) in [6.45, 7) is 5.74. The van der Waals surface area contributed by atoms with Gasteiger partial charge in [0.2, 0.25) is 11.8 Å². The van der Waals surface area contributed by atoms with Gasteiger partial charge in [0.15, 0.2) is 0 Å². The molecule has 1 saturated heterocycles. The summed E-state index contributed by atoms with van der Waals surface area (Å²) >= 11 is 0. The molecule has 0 atom stereocenters. The van der Waals surface area contributed by atoms with Gasteiger partial charge in [0.25, 0.3) is 0 Å². The van der Waals surface area contributed by atoms with Crippen LogP contribution in [0.4, 0.5) is 11.4 Å². The lowest BCUT2D eigenvalue weighted by Gasteiger charge is -2.26. The average molecular weight is 303 g/mol. The van der Waals surface area contributed by atoms with E-state index in [-0.39, 0.29) is 17.7 Å². The third-order valence-electron chi connectivity index (χ3n) is 3.81. The van der Waals surface area contributed by atoms with Crippen molar-refractivity contribution in [3.05, 3.63) is 24.3 Å². The Morgan fingerprint density at radius 1 is 1.14 bits per heavy atom. The van der Waals surface area contributed by atoms with Crippen molar-refractivity contribution in [1.82, 2.24) is 4.90 Å². The Kier molecular flexibility index (Phi) is 5.81. The number of benzene rings is 1. The van der Waals surface area contributed by atoms with Crippen LogP contribution in [0, 0.1) is 5.92 Å². The number of hydrogen-bond acceptors (Lipinski definition) is 3. The zero-order valence-corrected chi connectivity index (χ0v) is 13.4. The van der Waals surface area contributed by atoms with E-state index in [1.807, 2.05) is 43.0 Å². The lowest BCUT2D eigenvalue weighted by molar-refractivity contribution is -0.130. The van der Waals surface area contributed by atoms with E-state index < -0.39 is 0 Å². The van der Waals surface area contributed by atoms with Crippen LogP contribution >= 0.6 is 0 Å². The molecule has 2 rings (SSSR count). The number of carbonyl (C=O) groups is 2. The highest BCUT2D eigenvalue weighted by Gasteiger charge is 2.15. The van der Waals surface area contributed by atoms with Crippen molar-refractivity contribution >= 4 is 23.2 Å². The summed E-state index contributed by atoms with van der Waals surface area (Å²) in [6.07, 6.45) is 3.42. The molecule has 5 heteroatoms. The minimum Gasteiger partial charge on any atom is -0.376 e. The SMILES string of the molecule is CC(C)C(=O)Nc1cccc(NCC(=O)N2CCCCC2)c1. The summed E-state index contributed by atoms with van der Waals surface area (Å²) in [5.74, 6) is 0.0650. The molecule has 0 aliphatic carbocycles. The van der Waals surface area contributed by atoms with Crippen LogP contribution < -0.4 is 10.6 Å². The number of nitrogens with zero attached hydrogens (tertiary/aromatic N) is 1. The minimum atomic E-state index is -0.0581. The van der Waals surface area contributed by atoms with E-state index >= 15 is 0 Å². The molecule has 120 valence electrons. The van der Waals surface area contributed by atoms with Crippen LogP contribution in [-0.2, 0) is 9.59 Å². The summed E-state index contributed by atoms with van der Waals surface area (Å²) in [5, 5.41) is 6.00. The molecule has 1 aromatic rings. The van der Waals surface area contributed by atoms with Gasteiger partial charge in [0.1, 0.15) is 0 Å². The fourth-order valence-electron chi connectivity index (χ4n) is 2.43. The molecule has 2 amide bonds. The Hall–Kier alpha value is -2.04. The Morgan fingerprint density at radius 3 is 2.50 bits per heavy atom. The average Bonchev–Trinajstić information content (AvgIpc) is 2.53. The van der Waals surface area contributed by atoms with Gasteiger partial charge in [-0.15, -0.1) is 0 Å². The number of amides is 2. The monoisotopic (exact) mass is 303 g/mol. The second kappa shape index (κ2) is 7.82. The molecular formula is C17H25N3O2. The zero-order chi connectivity index (χ0) is 15.9. The van der Waals surface area contributed by atoms with Crippen molar-refractivity contribution < 1.29 is 9.59 Å². The fraction of sp³-hybridized carbons (Fsp3) is 0.529. The normalized spacial score (nSPS) is 14.8. The van der Waals surface area contributed by atoms with Gasteiger partial charge >= 0.3 is 0 Å². The zero-order valence-electron chi connectivity index (χ0n) is 13.4. The smallest absolute Gasteiger partial charge is 0.241 e. The van der Waals surface area contributed by atoms with Crippen molar-refractivity contribution in [2.75, 3.05) is 30.3 Å². The maximum Gasteiger partial charge on any atom is 0.241 e. The second-order valence-corrected chi connectivity index (χ2v) is 6.02. The third kappa shape index (κ3) is 4.76. The van der Waals surface area contributed by atoms with E-state index in [4.69, 9.17) is 0 Å². The first kappa shape index (κ1) is 16.3. The predicted octanol–water partition coefficient (Wildman–Crippen LogP) is 2.71. The topological polar surface area (TPSA) is 61.4 Å². The third-order valence-corrected chi connectivity index (χ3v) is 3.81. The largest absolute Gasteiger partial charge is 0.376 e. The highest BCUT2D eigenvalue weighted by molar-refractivity contribution is 5.92. The molecule has 1 aliphatic rings. The van der Waals surface area contributed by atoms with Gasteiger partial charge in [-0.1, -0.05) is 19.9 Å². The number of carbonyl (C=O) groups excluding carboxylic acids is 2. The summed E-state index contributed by atoms with van der Waals surface area (Å²) in [6, 6.07) is 7.46. The molecule has 0 saturated carbocycles. The number of likely N-dealkylation sites (tertiary alicyclic amines) is 1. The van der Waals surface area contributed by atoms with Gasteiger partial charge in [0, 0.05) is 30.4 Å². The molecule has 0 aromatic heterocycles. The Bertz CT molecular complexity index is 522. The molecule has 0 bridgehead atoms. The number of piperidine rings is 1. The molecular weight excluding hydrogens is 278 g/mol. The summed E-state index contributed by atoms with van der Waals surface area (Å²) < 4.78 is 0. The van der Waals surface area contributed by atoms with Crippen LogP contribution in [0.15, 0.2) is 24.3 Å². The van der Waals surface area contributed by atoms with E-state index in [0.717, 1.165) is 37.3 Å². The van der Waals surface area contributed by atoms with Crippen molar-refractivity contribution in [2.24, 2.45) is 5.92 Å². The van der Waals surface area contributed by atoms with Crippen LogP contribution in [0.25, 0.3) is 0 Å². The lowest BCUT2D eigenvalue weighted by atomic mass is 10.1. The predicted molar refractivity (Wildman–Crippen MR) is 88.8 cm³/mol. The lowest BCUT2D eigenvalue weighted by Crippen LogP contribution is -2.39. The van der Waals surface area contributed by atoms with Gasteiger partial charge in [-0.3, -0.25) is 9.59 Å². The van der Waals surface area contributed by atoms with E-state index in [1.165, 1.54) is 6.42 Å². The van der Waals surface area contributed by atoms with Crippen LogP contribution in [-0.4, -0.2) is 36.3 Å². The van der Waals surface area contributed by atoms with Crippen LogP contribution in [0.1, 0.15) is 33.1 Å². The van der Waals surface area contributed by atoms with Crippen LogP contribution in [0.5, 0.6) is 0 Å². The molecule has 0 radical (unpaired) electrons.